The highest BCUT2D eigenvalue weighted by Crippen LogP contribution is 2.19. The van der Waals surface area contributed by atoms with Crippen LogP contribution in [0.3, 0.4) is 0 Å². The molecule has 2 aromatic rings. The minimum Gasteiger partial charge on any atom is -0.480 e. The summed E-state index contributed by atoms with van der Waals surface area (Å²) in [5, 5.41) is 14.6. The average molecular weight is 503 g/mol. The Morgan fingerprint density at radius 2 is 1.91 bits per heavy atom. The van der Waals surface area contributed by atoms with E-state index in [2.05, 4.69) is 33.2 Å². The molecule has 188 valence electrons. The van der Waals surface area contributed by atoms with Crippen molar-refractivity contribution in [3.05, 3.63) is 54.1 Å². The first-order valence-corrected chi connectivity index (χ1v) is 11.9. The molecule has 1 aliphatic heterocycles. The first kappa shape index (κ1) is 26.2. The van der Waals surface area contributed by atoms with Crippen molar-refractivity contribution >= 4 is 36.3 Å². The summed E-state index contributed by atoms with van der Waals surface area (Å²) in [5.74, 6) is -2.77. The molecule has 6 N–H and O–H groups in total. The maximum atomic E-state index is 13.0. The van der Waals surface area contributed by atoms with E-state index in [4.69, 9.17) is 5.73 Å². The number of benzene rings is 1. The number of carboxylic acid groups (broad SMARTS) is 1. The number of imidazole rings is 1. The molecule has 1 fully saturated rings. The predicted octanol–water partition coefficient (Wildman–Crippen LogP) is -0.503. The molecule has 2 heterocycles. The summed E-state index contributed by atoms with van der Waals surface area (Å²) in [6, 6.07) is 5.04. The largest absolute Gasteiger partial charge is 0.480 e. The van der Waals surface area contributed by atoms with Crippen molar-refractivity contribution in [1.82, 2.24) is 25.5 Å². The second-order valence-corrected chi connectivity index (χ2v) is 8.78. The van der Waals surface area contributed by atoms with E-state index >= 15 is 0 Å². The molecule has 35 heavy (non-hydrogen) atoms. The lowest BCUT2D eigenvalue weighted by Gasteiger charge is -2.28. The highest BCUT2D eigenvalue weighted by molar-refractivity contribution is 7.80. The lowest BCUT2D eigenvalue weighted by molar-refractivity contribution is -0.142. The number of carboxylic acids is 1. The van der Waals surface area contributed by atoms with Crippen molar-refractivity contribution in [2.75, 3.05) is 12.3 Å². The highest BCUT2D eigenvalue weighted by Gasteiger charge is 2.37. The van der Waals surface area contributed by atoms with E-state index in [0.717, 1.165) is 5.56 Å². The van der Waals surface area contributed by atoms with Crippen LogP contribution in [0.5, 0.6) is 0 Å². The minimum absolute atomic E-state index is 0.0464. The van der Waals surface area contributed by atoms with Gasteiger partial charge in [-0.25, -0.2) is 9.78 Å². The van der Waals surface area contributed by atoms with Crippen LogP contribution >= 0.6 is 12.6 Å². The molecule has 4 unspecified atom stereocenters. The number of aromatic amines is 1. The zero-order valence-electron chi connectivity index (χ0n) is 19.1. The van der Waals surface area contributed by atoms with Crippen LogP contribution in [0, 0.1) is 0 Å². The fraction of sp³-hybridized carbons (Fsp3) is 0.435. The Kier molecular flexibility index (Phi) is 9.26. The maximum absolute atomic E-state index is 13.0. The Bertz CT molecular complexity index is 1020. The van der Waals surface area contributed by atoms with Crippen molar-refractivity contribution < 1.29 is 24.3 Å². The summed E-state index contributed by atoms with van der Waals surface area (Å²) in [4.78, 5) is 58.6. The third kappa shape index (κ3) is 7.06. The number of carbonyl (C=O) groups is 4. The SMILES string of the molecule is NC(Cc1cnc[nH]1)C(=O)N1CCCC1C(=O)NC(CS)C(=O)NC(Cc1ccccc1)C(=O)O. The van der Waals surface area contributed by atoms with Crippen molar-refractivity contribution in [3.63, 3.8) is 0 Å². The minimum atomic E-state index is -1.19. The number of nitrogens with zero attached hydrogens (tertiary/aromatic N) is 2. The van der Waals surface area contributed by atoms with Gasteiger partial charge in [0.25, 0.3) is 0 Å². The highest BCUT2D eigenvalue weighted by atomic mass is 32.1. The molecular weight excluding hydrogens is 472 g/mol. The van der Waals surface area contributed by atoms with Crippen LogP contribution in [0.15, 0.2) is 42.9 Å². The molecule has 0 bridgehead atoms. The van der Waals surface area contributed by atoms with Gasteiger partial charge in [0.1, 0.15) is 18.1 Å². The number of carbonyl (C=O) groups excluding carboxylic acids is 3. The smallest absolute Gasteiger partial charge is 0.326 e. The quantitative estimate of drug-likeness (QED) is 0.225. The number of rotatable bonds is 11. The Morgan fingerprint density at radius 1 is 1.17 bits per heavy atom. The van der Waals surface area contributed by atoms with E-state index in [1.807, 2.05) is 6.07 Å². The Morgan fingerprint density at radius 3 is 2.54 bits per heavy atom. The van der Waals surface area contributed by atoms with E-state index in [-0.39, 0.29) is 24.5 Å². The number of thiol groups is 1. The number of nitrogens with two attached hydrogens (primary N) is 1. The van der Waals surface area contributed by atoms with Crippen LogP contribution < -0.4 is 16.4 Å². The average Bonchev–Trinajstić information content (AvgIpc) is 3.54. The summed E-state index contributed by atoms with van der Waals surface area (Å²) in [5.41, 5.74) is 7.53. The first-order valence-electron chi connectivity index (χ1n) is 11.3. The molecule has 4 atom stereocenters. The van der Waals surface area contributed by atoms with Crippen LogP contribution in [0.4, 0.5) is 0 Å². The third-order valence-corrected chi connectivity index (χ3v) is 6.23. The normalized spacial score (nSPS) is 17.9. The Balaban J connectivity index is 1.60. The fourth-order valence-corrected chi connectivity index (χ4v) is 4.28. The van der Waals surface area contributed by atoms with E-state index in [1.54, 1.807) is 30.5 Å². The Hall–Kier alpha value is -3.38. The van der Waals surface area contributed by atoms with Gasteiger partial charge in [-0.1, -0.05) is 30.3 Å². The molecule has 3 rings (SSSR count). The lowest BCUT2D eigenvalue weighted by atomic mass is 10.1. The molecule has 1 aliphatic rings. The number of likely N-dealkylation sites (tertiary alicyclic amines) is 1. The number of hydrogen-bond donors (Lipinski definition) is 6. The molecule has 1 aromatic heterocycles. The van der Waals surface area contributed by atoms with Gasteiger partial charge >= 0.3 is 5.97 Å². The van der Waals surface area contributed by atoms with Gasteiger partial charge in [-0.2, -0.15) is 12.6 Å². The number of nitrogens with one attached hydrogen (secondary N) is 3. The zero-order valence-corrected chi connectivity index (χ0v) is 20.0. The van der Waals surface area contributed by atoms with Crippen LogP contribution in [-0.4, -0.2) is 80.1 Å². The van der Waals surface area contributed by atoms with Gasteiger partial charge in [0.05, 0.1) is 12.4 Å². The standard InChI is InChI=1S/C23H30N6O5S/c24-16(10-15-11-25-13-26-15)22(32)29-8-4-7-19(29)21(31)28-18(12-35)20(30)27-17(23(33)34)9-14-5-2-1-3-6-14/h1-3,5-6,11,13,16-19,35H,4,7-10,12,24H2,(H,25,26)(H,27,30)(H,28,31)(H,33,34). The molecular formula is C23H30N6O5S. The van der Waals surface area contributed by atoms with Crippen molar-refractivity contribution in [2.45, 2.75) is 49.9 Å². The molecule has 1 aromatic carbocycles. The molecule has 11 nitrogen and oxygen atoms in total. The van der Waals surface area contributed by atoms with Gasteiger partial charge in [-0.15, -0.1) is 0 Å². The molecule has 3 amide bonds. The van der Waals surface area contributed by atoms with Crippen molar-refractivity contribution in [1.29, 1.82) is 0 Å². The monoisotopic (exact) mass is 502 g/mol. The molecule has 0 radical (unpaired) electrons. The summed E-state index contributed by atoms with van der Waals surface area (Å²) in [6.45, 7) is 0.378. The molecule has 0 spiro atoms. The lowest BCUT2D eigenvalue weighted by Crippen LogP contribution is -2.57. The summed E-state index contributed by atoms with van der Waals surface area (Å²) < 4.78 is 0. The summed E-state index contributed by atoms with van der Waals surface area (Å²) >= 11 is 4.16. The fourth-order valence-electron chi connectivity index (χ4n) is 4.02. The summed E-state index contributed by atoms with van der Waals surface area (Å²) in [7, 11) is 0. The molecule has 1 saturated heterocycles. The van der Waals surface area contributed by atoms with Gasteiger partial charge in [0, 0.05) is 37.0 Å². The zero-order chi connectivity index (χ0) is 25.4. The van der Waals surface area contributed by atoms with Gasteiger partial charge in [-0.3, -0.25) is 14.4 Å². The van der Waals surface area contributed by atoms with Crippen molar-refractivity contribution in [2.24, 2.45) is 5.73 Å². The van der Waals surface area contributed by atoms with Crippen molar-refractivity contribution in [3.8, 4) is 0 Å². The predicted molar refractivity (Wildman–Crippen MR) is 130 cm³/mol. The molecule has 12 heteroatoms. The number of hydrogen-bond acceptors (Lipinski definition) is 7. The Labute approximate surface area is 208 Å². The van der Waals surface area contributed by atoms with Crippen LogP contribution in [0.25, 0.3) is 0 Å². The van der Waals surface area contributed by atoms with Gasteiger partial charge in [-0.05, 0) is 18.4 Å². The van der Waals surface area contributed by atoms with Gasteiger partial charge in [0.2, 0.25) is 17.7 Å². The number of H-pyrrole nitrogens is 1. The molecule has 0 aliphatic carbocycles. The van der Waals surface area contributed by atoms with Crippen LogP contribution in [0.1, 0.15) is 24.1 Å². The van der Waals surface area contributed by atoms with Gasteiger partial charge in [0.15, 0.2) is 0 Å². The number of amides is 3. The van der Waals surface area contributed by atoms with E-state index in [1.165, 1.54) is 11.2 Å². The third-order valence-electron chi connectivity index (χ3n) is 5.86. The van der Waals surface area contributed by atoms with E-state index in [9.17, 15) is 24.3 Å². The van der Waals surface area contributed by atoms with Gasteiger partial charge < -0.3 is 31.4 Å². The van der Waals surface area contributed by atoms with Crippen LogP contribution in [0.2, 0.25) is 0 Å². The number of aliphatic carboxylic acids is 1. The maximum Gasteiger partial charge on any atom is 0.326 e. The van der Waals surface area contributed by atoms with Crippen LogP contribution in [-0.2, 0) is 32.0 Å². The molecule has 0 saturated carbocycles. The summed E-state index contributed by atoms with van der Waals surface area (Å²) in [6.07, 6.45) is 4.48. The number of aromatic nitrogens is 2. The van der Waals surface area contributed by atoms with E-state index < -0.39 is 42.0 Å². The topological polar surface area (TPSA) is 171 Å². The second-order valence-electron chi connectivity index (χ2n) is 8.41. The van der Waals surface area contributed by atoms with E-state index in [0.29, 0.717) is 25.1 Å². The second kappa shape index (κ2) is 12.4. The first-order chi connectivity index (χ1) is 16.8.